The highest BCUT2D eigenvalue weighted by Crippen LogP contribution is 2.27. The van der Waals surface area contributed by atoms with Crippen molar-refractivity contribution in [1.29, 1.82) is 0 Å². The quantitative estimate of drug-likeness (QED) is 0.145. The number of carbonyl (C=O) groups excluding carboxylic acids is 2. The third-order valence-electron chi connectivity index (χ3n) is 8.74. The number of nitrogens with one attached hydrogen (secondary N) is 1. The summed E-state index contributed by atoms with van der Waals surface area (Å²) in [6.07, 6.45) is 7.21. The van der Waals surface area contributed by atoms with Crippen LogP contribution >= 0.6 is 23.4 Å². The Hall–Kier alpha value is -3.79. The second-order valence-electron chi connectivity index (χ2n) is 12.2. The van der Waals surface area contributed by atoms with Crippen LogP contribution in [0, 0.1) is 6.92 Å². The zero-order valence-corrected chi connectivity index (χ0v) is 29.7. The smallest absolute Gasteiger partial charge is 0.264 e. The molecule has 10 heteroatoms. The maximum Gasteiger partial charge on any atom is 0.264 e. The summed E-state index contributed by atoms with van der Waals surface area (Å²) >= 11 is 7.71. The van der Waals surface area contributed by atoms with Crippen molar-refractivity contribution in [2.45, 2.75) is 73.9 Å². The molecule has 7 nitrogen and oxygen atoms in total. The number of amides is 2. The molecule has 1 saturated carbocycles. The van der Waals surface area contributed by atoms with Crippen LogP contribution in [0.2, 0.25) is 5.02 Å². The zero-order valence-electron chi connectivity index (χ0n) is 27.3. The topological polar surface area (TPSA) is 86.8 Å². The van der Waals surface area contributed by atoms with Gasteiger partial charge in [0, 0.05) is 28.9 Å². The average Bonchev–Trinajstić information content (AvgIpc) is 3.10. The molecule has 0 radical (unpaired) electrons. The number of halogens is 1. The minimum Gasteiger partial charge on any atom is -0.352 e. The summed E-state index contributed by atoms with van der Waals surface area (Å²) in [6, 6.07) is 29.6. The summed E-state index contributed by atoms with van der Waals surface area (Å²) in [4.78, 5) is 31.4. The Morgan fingerprint density at radius 1 is 0.854 bits per heavy atom. The number of benzene rings is 4. The number of hydrogen-bond donors (Lipinski definition) is 1. The Morgan fingerprint density at radius 3 is 2.12 bits per heavy atom. The van der Waals surface area contributed by atoms with E-state index in [0.717, 1.165) is 58.0 Å². The van der Waals surface area contributed by atoms with Crippen molar-refractivity contribution >= 4 is 50.9 Å². The molecule has 1 aliphatic rings. The molecule has 4 aromatic carbocycles. The molecule has 0 spiro atoms. The van der Waals surface area contributed by atoms with Gasteiger partial charge in [0.1, 0.15) is 12.6 Å². The predicted molar refractivity (Wildman–Crippen MR) is 195 cm³/mol. The second kappa shape index (κ2) is 16.5. The molecule has 1 atom stereocenters. The van der Waals surface area contributed by atoms with Gasteiger partial charge >= 0.3 is 0 Å². The molecule has 1 aliphatic carbocycles. The fourth-order valence-electron chi connectivity index (χ4n) is 6.00. The lowest BCUT2D eigenvalue weighted by Crippen LogP contribution is -2.55. The van der Waals surface area contributed by atoms with Crippen molar-refractivity contribution in [2.24, 2.45) is 0 Å². The van der Waals surface area contributed by atoms with Gasteiger partial charge < -0.3 is 10.2 Å². The number of thioether (sulfide) groups is 1. The minimum absolute atomic E-state index is 0.0331. The SMILES string of the molecule is CSc1ccc(S(=O)(=O)N(CC(=O)N(Cc2ccc(Cl)cc2)C(Cc2ccccc2)C(=O)NC2CCCCC2)c2ccc(C)cc2)cc1. The number of rotatable bonds is 13. The fourth-order valence-corrected chi connectivity index (χ4v) is 7.95. The van der Waals surface area contributed by atoms with Crippen LogP contribution in [0.25, 0.3) is 0 Å². The number of nitrogens with zero attached hydrogens (tertiary/aromatic N) is 2. The van der Waals surface area contributed by atoms with Crippen molar-refractivity contribution in [3.05, 3.63) is 125 Å². The van der Waals surface area contributed by atoms with Gasteiger partial charge in [-0.25, -0.2) is 8.42 Å². The molecule has 2 amide bonds. The Morgan fingerprint density at radius 2 is 1.50 bits per heavy atom. The monoisotopic (exact) mass is 703 g/mol. The third kappa shape index (κ3) is 9.21. The zero-order chi connectivity index (χ0) is 34.1. The molecule has 4 aromatic rings. The normalized spacial score (nSPS) is 14.2. The van der Waals surface area contributed by atoms with Gasteiger partial charge in [0.15, 0.2) is 0 Å². The Labute approximate surface area is 293 Å². The van der Waals surface area contributed by atoms with Crippen molar-refractivity contribution in [3.8, 4) is 0 Å². The lowest BCUT2D eigenvalue weighted by Gasteiger charge is -2.35. The molecule has 252 valence electrons. The summed E-state index contributed by atoms with van der Waals surface area (Å²) in [5.74, 6) is -0.736. The van der Waals surface area contributed by atoms with Crippen molar-refractivity contribution < 1.29 is 18.0 Å². The minimum atomic E-state index is -4.17. The first kappa shape index (κ1) is 35.5. The molecule has 0 saturated heterocycles. The van der Waals surface area contributed by atoms with Crippen LogP contribution in [0.3, 0.4) is 0 Å². The summed E-state index contributed by atoms with van der Waals surface area (Å²) in [5, 5.41) is 3.79. The number of aryl methyl sites for hydroxylation is 1. The van der Waals surface area contributed by atoms with E-state index in [9.17, 15) is 18.0 Å². The third-order valence-corrected chi connectivity index (χ3v) is 11.5. The molecular weight excluding hydrogens is 662 g/mol. The van der Waals surface area contributed by atoms with E-state index in [1.165, 1.54) is 16.7 Å². The first-order valence-corrected chi connectivity index (χ1v) is 19.3. The van der Waals surface area contributed by atoms with Crippen LogP contribution in [-0.2, 0) is 32.6 Å². The van der Waals surface area contributed by atoms with Gasteiger partial charge in [-0.15, -0.1) is 11.8 Å². The fraction of sp³-hybridized carbons (Fsp3) is 0.316. The lowest BCUT2D eigenvalue weighted by atomic mass is 9.94. The number of anilines is 1. The summed E-state index contributed by atoms with van der Waals surface area (Å²) in [6.45, 7) is 1.52. The maximum atomic E-state index is 14.7. The lowest BCUT2D eigenvalue weighted by molar-refractivity contribution is -0.140. The van der Waals surface area contributed by atoms with E-state index in [1.807, 2.05) is 67.8 Å². The van der Waals surface area contributed by atoms with Gasteiger partial charge in [0.2, 0.25) is 11.8 Å². The van der Waals surface area contributed by atoms with Gasteiger partial charge in [-0.05, 0) is 85.7 Å². The summed E-state index contributed by atoms with van der Waals surface area (Å²) < 4.78 is 29.7. The van der Waals surface area contributed by atoms with Crippen LogP contribution in [-0.4, -0.2) is 50.0 Å². The first-order valence-electron chi connectivity index (χ1n) is 16.3. The summed E-state index contributed by atoms with van der Waals surface area (Å²) in [5.41, 5.74) is 2.99. The van der Waals surface area contributed by atoms with Crippen molar-refractivity contribution in [1.82, 2.24) is 10.2 Å². The molecule has 0 aromatic heterocycles. The second-order valence-corrected chi connectivity index (χ2v) is 15.4. The first-order chi connectivity index (χ1) is 23.1. The number of sulfonamides is 1. The highest BCUT2D eigenvalue weighted by molar-refractivity contribution is 7.98. The van der Waals surface area contributed by atoms with Gasteiger partial charge in [0.25, 0.3) is 10.0 Å². The van der Waals surface area contributed by atoms with E-state index in [1.54, 1.807) is 48.5 Å². The van der Waals surface area contributed by atoms with Crippen LogP contribution in [0.1, 0.15) is 48.8 Å². The van der Waals surface area contributed by atoms with Crippen molar-refractivity contribution in [3.63, 3.8) is 0 Å². The van der Waals surface area contributed by atoms with Crippen LogP contribution in [0.4, 0.5) is 5.69 Å². The largest absolute Gasteiger partial charge is 0.352 e. The molecule has 48 heavy (non-hydrogen) atoms. The van der Waals surface area contributed by atoms with Gasteiger partial charge in [-0.3, -0.25) is 13.9 Å². The number of hydrogen-bond acceptors (Lipinski definition) is 5. The highest BCUT2D eigenvalue weighted by Gasteiger charge is 2.35. The van der Waals surface area contributed by atoms with Crippen LogP contribution in [0.15, 0.2) is 113 Å². The molecule has 0 heterocycles. The van der Waals surface area contributed by atoms with Gasteiger partial charge in [0.05, 0.1) is 10.6 Å². The standard InChI is InChI=1S/C38H42ClN3O4S2/c1-28-13-19-33(20-14-28)42(48(45,46)35-23-21-34(47-2)22-24-35)27-37(43)41(26-30-15-17-31(39)18-16-30)36(25-29-9-5-3-6-10-29)38(44)40-32-11-7-4-8-12-32/h3,5-6,9-10,13-24,32,36H,4,7-8,11-12,25-27H2,1-2H3,(H,40,44). The highest BCUT2D eigenvalue weighted by atomic mass is 35.5. The predicted octanol–water partition coefficient (Wildman–Crippen LogP) is 7.65. The van der Waals surface area contributed by atoms with E-state index in [4.69, 9.17) is 11.6 Å². The van der Waals surface area contributed by atoms with E-state index in [0.29, 0.717) is 10.7 Å². The van der Waals surface area contributed by atoms with Crippen molar-refractivity contribution in [2.75, 3.05) is 17.1 Å². The molecular formula is C38H42ClN3O4S2. The molecule has 0 bridgehead atoms. The Balaban J connectivity index is 1.55. The number of carbonyl (C=O) groups is 2. The summed E-state index contributed by atoms with van der Waals surface area (Å²) in [7, 11) is -4.17. The Kier molecular flexibility index (Phi) is 12.2. The molecule has 1 N–H and O–H groups in total. The van der Waals surface area contributed by atoms with Gasteiger partial charge in [-0.1, -0.05) is 91.0 Å². The average molecular weight is 704 g/mol. The van der Waals surface area contributed by atoms with Gasteiger partial charge in [-0.2, -0.15) is 0 Å². The van der Waals surface area contributed by atoms with E-state index in [-0.39, 0.29) is 29.8 Å². The van der Waals surface area contributed by atoms with Crippen LogP contribution in [0.5, 0.6) is 0 Å². The maximum absolute atomic E-state index is 14.7. The Bertz CT molecular complexity index is 1760. The van der Waals surface area contributed by atoms with Crippen LogP contribution < -0.4 is 9.62 Å². The van der Waals surface area contributed by atoms with E-state index in [2.05, 4.69) is 5.32 Å². The molecule has 1 fully saturated rings. The van der Waals surface area contributed by atoms with E-state index < -0.39 is 28.5 Å². The van der Waals surface area contributed by atoms with E-state index >= 15 is 0 Å². The molecule has 1 unspecified atom stereocenters. The molecule has 0 aliphatic heterocycles. The molecule has 5 rings (SSSR count).